The van der Waals surface area contributed by atoms with Gasteiger partial charge in [-0.1, -0.05) is 0 Å². The minimum Gasteiger partial charge on any atom is -0.364 e. The first-order valence-corrected chi connectivity index (χ1v) is 4.17. The highest BCUT2D eigenvalue weighted by molar-refractivity contribution is 5.97. The first-order valence-electron chi connectivity index (χ1n) is 4.17. The highest BCUT2D eigenvalue weighted by Crippen LogP contribution is 2.19. The fourth-order valence-corrected chi connectivity index (χ4v) is 1.32. The summed E-state index contributed by atoms with van der Waals surface area (Å²) < 4.78 is 0. The molecule has 0 saturated heterocycles. The second-order valence-corrected chi connectivity index (χ2v) is 2.85. The van der Waals surface area contributed by atoms with Gasteiger partial charge < -0.3 is 10.7 Å². The zero-order valence-corrected chi connectivity index (χ0v) is 7.40. The van der Waals surface area contributed by atoms with Gasteiger partial charge in [0.15, 0.2) is 0 Å². The monoisotopic (exact) mass is 187 g/mol. The van der Waals surface area contributed by atoms with Gasteiger partial charge in [0.2, 0.25) is 0 Å². The number of aromatic nitrogens is 2. The Labute approximate surface area is 80.8 Å². The lowest BCUT2D eigenvalue weighted by Gasteiger charge is -2.02. The second-order valence-electron chi connectivity index (χ2n) is 2.85. The molecule has 0 bridgehead atoms. The van der Waals surface area contributed by atoms with Gasteiger partial charge >= 0.3 is 0 Å². The molecule has 70 valence electrons. The SMILES string of the molecule is NC(=O)c1ncccc1-c1ccc[nH]1. The van der Waals surface area contributed by atoms with Crippen molar-refractivity contribution in [1.82, 2.24) is 9.97 Å². The molecule has 4 nitrogen and oxygen atoms in total. The molecular formula is C10H9N3O. The van der Waals surface area contributed by atoms with Crippen LogP contribution in [0.5, 0.6) is 0 Å². The summed E-state index contributed by atoms with van der Waals surface area (Å²) in [5.74, 6) is -0.518. The number of amides is 1. The van der Waals surface area contributed by atoms with Crippen molar-refractivity contribution >= 4 is 5.91 Å². The number of carbonyl (C=O) groups is 1. The number of hydrogen-bond acceptors (Lipinski definition) is 2. The van der Waals surface area contributed by atoms with E-state index in [0.717, 1.165) is 11.3 Å². The number of primary amides is 1. The van der Waals surface area contributed by atoms with Crippen LogP contribution in [0.4, 0.5) is 0 Å². The summed E-state index contributed by atoms with van der Waals surface area (Å²) >= 11 is 0. The molecule has 0 aromatic carbocycles. The first kappa shape index (κ1) is 8.50. The van der Waals surface area contributed by atoms with Crippen LogP contribution in [0, 0.1) is 0 Å². The number of nitrogens with one attached hydrogen (secondary N) is 1. The van der Waals surface area contributed by atoms with Gasteiger partial charge in [-0.25, -0.2) is 0 Å². The molecule has 0 aliphatic heterocycles. The summed E-state index contributed by atoms with van der Waals surface area (Å²) in [6.07, 6.45) is 3.33. The Morgan fingerprint density at radius 3 is 2.86 bits per heavy atom. The standard InChI is InChI=1S/C10H9N3O/c11-10(14)9-7(3-1-6-13-9)8-4-2-5-12-8/h1-6,12H,(H2,11,14). The fourth-order valence-electron chi connectivity index (χ4n) is 1.32. The lowest BCUT2D eigenvalue weighted by Crippen LogP contribution is -2.14. The van der Waals surface area contributed by atoms with Crippen molar-refractivity contribution in [3.05, 3.63) is 42.4 Å². The van der Waals surface area contributed by atoms with Crippen molar-refractivity contribution in [1.29, 1.82) is 0 Å². The van der Waals surface area contributed by atoms with Crippen LogP contribution in [-0.2, 0) is 0 Å². The molecule has 2 rings (SSSR count). The Balaban J connectivity index is 2.58. The summed E-state index contributed by atoms with van der Waals surface area (Å²) in [6.45, 7) is 0. The van der Waals surface area contributed by atoms with E-state index in [9.17, 15) is 4.79 Å². The predicted molar refractivity (Wildman–Crippen MR) is 52.5 cm³/mol. The molecule has 2 aromatic rings. The van der Waals surface area contributed by atoms with E-state index in [2.05, 4.69) is 9.97 Å². The average molecular weight is 187 g/mol. The zero-order chi connectivity index (χ0) is 9.97. The molecule has 0 unspecified atom stereocenters. The van der Waals surface area contributed by atoms with Crippen molar-refractivity contribution in [2.75, 3.05) is 0 Å². The van der Waals surface area contributed by atoms with E-state index in [0.29, 0.717) is 0 Å². The molecular weight excluding hydrogens is 178 g/mol. The Morgan fingerprint density at radius 2 is 2.21 bits per heavy atom. The van der Waals surface area contributed by atoms with E-state index in [4.69, 9.17) is 5.73 Å². The van der Waals surface area contributed by atoms with Crippen molar-refractivity contribution < 1.29 is 4.79 Å². The topological polar surface area (TPSA) is 71.8 Å². The van der Waals surface area contributed by atoms with Crippen molar-refractivity contribution in [2.24, 2.45) is 5.73 Å². The second kappa shape index (κ2) is 3.33. The minimum absolute atomic E-state index is 0.287. The zero-order valence-electron chi connectivity index (χ0n) is 7.40. The molecule has 0 radical (unpaired) electrons. The van der Waals surface area contributed by atoms with Gasteiger partial charge in [0.05, 0.1) is 0 Å². The molecule has 0 aliphatic carbocycles. The molecule has 1 amide bonds. The number of H-pyrrole nitrogens is 1. The van der Waals surface area contributed by atoms with Gasteiger partial charge in [-0.15, -0.1) is 0 Å². The number of pyridine rings is 1. The molecule has 2 aromatic heterocycles. The van der Waals surface area contributed by atoms with E-state index < -0.39 is 5.91 Å². The van der Waals surface area contributed by atoms with Crippen molar-refractivity contribution in [3.63, 3.8) is 0 Å². The molecule has 0 fully saturated rings. The Kier molecular flexibility index (Phi) is 2.02. The maximum atomic E-state index is 11.1. The highest BCUT2D eigenvalue weighted by Gasteiger charge is 2.10. The van der Waals surface area contributed by atoms with Crippen LogP contribution in [0.15, 0.2) is 36.7 Å². The lowest BCUT2D eigenvalue weighted by molar-refractivity contribution is 0.0996. The van der Waals surface area contributed by atoms with Gasteiger partial charge in [-0.05, 0) is 24.3 Å². The largest absolute Gasteiger partial charge is 0.364 e. The molecule has 14 heavy (non-hydrogen) atoms. The maximum absolute atomic E-state index is 11.1. The van der Waals surface area contributed by atoms with Gasteiger partial charge in [0.25, 0.3) is 5.91 Å². The molecule has 0 atom stereocenters. The van der Waals surface area contributed by atoms with Gasteiger partial charge in [-0.3, -0.25) is 9.78 Å². The van der Waals surface area contributed by atoms with Crippen molar-refractivity contribution in [2.45, 2.75) is 0 Å². The van der Waals surface area contributed by atoms with Crippen LogP contribution in [0.3, 0.4) is 0 Å². The Bertz CT molecular complexity index is 448. The van der Waals surface area contributed by atoms with Crippen LogP contribution in [-0.4, -0.2) is 15.9 Å². The Morgan fingerprint density at radius 1 is 1.36 bits per heavy atom. The number of aromatic amines is 1. The summed E-state index contributed by atoms with van der Waals surface area (Å²) in [7, 11) is 0. The first-order chi connectivity index (χ1) is 6.79. The summed E-state index contributed by atoms with van der Waals surface area (Å²) in [5, 5.41) is 0. The van der Waals surface area contributed by atoms with E-state index in [1.165, 1.54) is 0 Å². The summed E-state index contributed by atoms with van der Waals surface area (Å²) in [4.78, 5) is 18.0. The minimum atomic E-state index is -0.518. The van der Waals surface area contributed by atoms with E-state index in [-0.39, 0.29) is 5.69 Å². The Hall–Kier alpha value is -2.10. The fraction of sp³-hybridized carbons (Fsp3) is 0. The number of nitrogens with zero attached hydrogens (tertiary/aromatic N) is 1. The molecule has 0 aliphatic rings. The summed E-state index contributed by atoms with van der Waals surface area (Å²) in [6, 6.07) is 7.29. The quantitative estimate of drug-likeness (QED) is 0.740. The lowest BCUT2D eigenvalue weighted by atomic mass is 10.1. The van der Waals surface area contributed by atoms with Gasteiger partial charge in [0, 0.05) is 23.7 Å². The van der Waals surface area contributed by atoms with Crippen LogP contribution in [0.25, 0.3) is 11.3 Å². The third-order valence-corrected chi connectivity index (χ3v) is 1.93. The van der Waals surface area contributed by atoms with Crippen molar-refractivity contribution in [3.8, 4) is 11.3 Å². The molecule has 4 heteroatoms. The number of hydrogen-bond donors (Lipinski definition) is 2. The molecule has 0 spiro atoms. The highest BCUT2D eigenvalue weighted by atomic mass is 16.1. The van der Waals surface area contributed by atoms with Gasteiger partial charge in [-0.2, -0.15) is 0 Å². The molecule has 0 saturated carbocycles. The smallest absolute Gasteiger partial charge is 0.267 e. The normalized spacial score (nSPS) is 10.0. The van der Waals surface area contributed by atoms with Gasteiger partial charge in [0.1, 0.15) is 5.69 Å². The van der Waals surface area contributed by atoms with E-state index in [1.54, 1.807) is 24.5 Å². The average Bonchev–Trinajstić information content (AvgIpc) is 2.70. The van der Waals surface area contributed by atoms with Crippen LogP contribution >= 0.6 is 0 Å². The van der Waals surface area contributed by atoms with Crippen LogP contribution in [0.2, 0.25) is 0 Å². The molecule has 2 heterocycles. The number of rotatable bonds is 2. The van der Waals surface area contributed by atoms with Crippen LogP contribution < -0.4 is 5.73 Å². The number of nitrogens with two attached hydrogens (primary N) is 1. The van der Waals surface area contributed by atoms with Crippen LogP contribution in [0.1, 0.15) is 10.5 Å². The van der Waals surface area contributed by atoms with E-state index >= 15 is 0 Å². The van der Waals surface area contributed by atoms with E-state index in [1.807, 2.05) is 12.1 Å². The summed E-state index contributed by atoms with van der Waals surface area (Å²) in [5.41, 5.74) is 7.06. The third-order valence-electron chi connectivity index (χ3n) is 1.93. The maximum Gasteiger partial charge on any atom is 0.267 e. The number of carbonyl (C=O) groups excluding carboxylic acids is 1. The predicted octanol–water partition coefficient (Wildman–Crippen LogP) is 1.18. The molecule has 3 N–H and O–H groups in total. The third kappa shape index (κ3) is 1.37.